The summed E-state index contributed by atoms with van der Waals surface area (Å²) in [5.74, 6) is -0.0772. The third kappa shape index (κ3) is 56.2. The van der Waals surface area contributed by atoms with Crippen molar-refractivity contribution in [1.82, 2.24) is 0 Å². The van der Waals surface area contributed by atoms with Gasteiger partial charge in [-0.2, -0.15) is 0 Å². The van der Waals surface area contributed by atoms with Gasteiger partial charge in [0.15, 0.2) is 11.6 Å². The number of ketones is 2. The second-order valence-corrected chi connectivity index (χ2v) is 35.0. The number of esters is 2. The van der Waals surface area contributed by atoms with Crippen molar-refractivity contribution in [3.8, 4) is 0 Å². The molecule has 10 nitrogen and oxygen atoms in total. The highest BCUT2D eigenvalue weighted by molar-refractivity contribution is 5.82. The van der Waals surface area contributed by atoms with E-state index in [1.54, 1.807) is 6.92 Å². The first-order chi connectivity index (χ1) is 43.2. The summed E-state index contributed by atoms with van der Waals surface area (Å²) >= 11 is 0. The van der Waals surface area contributed by atoms with Crippen LogP contribution in [0.2, 0.25) is 0 Å². The number of benzene rings is 4. The van der Waals surface area contributed by atoms with E-state index >= 15 is 0 Å². The van der Waals surface area contributed by atoms with Crippen LogP contribution in [-0.2, 0) is 92.9 Å². The predicted molar refractivity (Wildman–Crippen MR) is 395 cm³/mol. The van der Waals surface area contributed by atoms with Gasteiger partial charge in [0.25, 0.3) is 0 Å². The van der Waals surface area contributed by atoms with Gasteiger partial charge in [-0.05, 0) is 197 Å². The minimum Gasteiger partial charge on any atom is -0.460 e. The Kier molecular flexibility index (Phi) is 42.4. The number of hydrogen-bond donors (Lipinski definition) is 0. The van der Waals surface area contributed by atoms with Crippen molar-refractivity contribution < 1.29 is 47.6 Å². The molecule has 0 amide bonds. The fraction of sp³-hybridized carbons (Fsp3) is 0.667. The van der Waals surface area contributed by atoms with Crippen LogP contribution in [0.3, 0.4) is 0 Å². The molecule has 0 bridgehead atoms. The third-order valence-corrected chi connectivity index (χ3v) is 14.2. The summed E-state index contributed by atoms with van der Waals surface area (Å²) in [6, 6.07) is 35.3. The molecule has 0 aliphatic heterocycles. The lowest BCUT2D eigenvalue weighted by Gasteiger charge is -2.18. The van der Waals surface area contributed by atoms with Crippen LogP contribution in [-0.4, -0.2) is 76.4 Å². The normalized spacial score (nSPS) is 12.1. The van der Waals surface area contributed by atoms with Crippen LogP contribution in [0.1, 0.15) is 263 Å². The summed E-state index contributed by atoms with van der Waals surface area (Å²) < 4.78 is 32.6. The van der Waals surface area contributed by atoms with Crippen LogP contribution in [0.5, 0.6) is 0 Å². The molecular formula is C84H138O10. The van der Waals surface area contributed by atoms with E-state index in [-0.39, 0.29) is 42.1 Å². The Morgan fingerprint density at radius 1 is 0.309 bits per heavy atom. The minimum atomic E-state index is -0.454. The molecule has 0 saturated carbocycles. The Balaban J connectivity index is 0.00000118. The lowest BCUT2D eigenvalue weighted by Crippen LogP contribution is -2.22. The molecule has 0 spiro atoms. The van der Waals surface area contributed by atoms with Gasteiger partial charge in [0, 0.05) is 32.8 Å². The summed E-state index contributed by atoms with van der Waals surface area (Å²) in [5, 5.41) is 0. The molecule has 0 aliphatic carbocycles. The monoisotopic (exact) mass is 1310 g/mol. The van der Waals surface area contributed by atoms with Crippen LogP contribution in [0.4, 0.5) is 0 Å². The maximum absolute atomic E-state index is 12.0. The van der Waals surface area contributed by atoms with E-state index in [0.29, 0.717) is 59.9 Å². The molecule has 4 aromatic rings. The van der Waals surface area contributed by atoms with Crippen LogP contribution >= 0.6 is 0 Å². The van der Waals surface area contributed by atoms with Crippen molar-refractivity contribution in [2.24, 2.45) is 43.3 Å². The molecule has 0 N–H and O–H groups in total. The molecule has 0 aromatic heterocycles. The van der Waals surface area contributed by atoms with E-state index in [2.05, 4.69) is 185 Å². The van der Waals surface area contributed by atoms with Crippen molar-refractivity contribution in [1.29, 1.82) is 0 Å². The Morgan fingerprint density at radius 3 is 0.904 bits per heavy atom. The second kappa shape index (κ2) is 44.8. The van der Waals surface area contributed by atoms with Gasteiger partial charge in [-0.25, -0.2) is 0 Å². The Morgan fingerprint density at radius 2 is 0.596 bits per heavy atom. The number of carbonyl (C=O) groups excluding carboxylic acids is 4. The third-order valence-electron chi connectivity index (χ3n) is 14.2. The summed E-state index contributed by atoms with van der Waals surface area (Å²) in [5.41, 5.74) is 9.78. The van der Waals surface area contributed by atoms with E-state index in [4.69, 9.17) is 28.4 Å². The molecule has 4 rings (SSSR count). The van der Waals surface area contributed by atoms with Gasteiger partial charge < -0.3 is 28.4 Å². The molecular weight excluding hydrogens is 1170 g/mol. The standard InChI is InChI=1S/C21H34O3.C21H34O2.C20H34O.C12H16O2.C10H20O2/c1-20(2,3)13-7-14-23-15-12-17-8-10-18(11-9-17)16-24-19(22)21(4,5)6;1-20(2,3)12-7-13-23-16-19(22)14-17-8-10-18(11-9-17)15-21(4,5)6;1-19(2,3)13-7-14-21-15-12-17-8-10-18(11-9-17)16-20(4,5)6;1-12(2,3)11(13)14-9-10-7-5-4-6-8-10;1-9(11)8-12-7-5-6-10(2,3)4/h8-11H,7,12-16H2,1-6H3;8-11H,7,12-16H2,1-6H3;8-11H,7,12-16H2,1-6H3;4-8H,9H2,1-3H3;5-8H2,1-4H3. The molecule has 0 radical (unpaired) electrons. The Bertz CT molecular complexity index is 2610. The first-order valence-corrected chi connectivity index (χ1v) is 35.1. The van der Waals surface area contributed by atoms with Crippen molar-refractivity contribution in [3.63, 3.8) is 0 Å². The van der Waals surface area contributed by atoms with Crippen LogP contribution in [0.15, 0.2) is 103 Å². The Labute approximate surface area is 576 Å². The number of Topliss-reactive ketones (excluding diaryl/α,β-unsaturated/α-hetero) is 2. The highest BCUT2D eigenvalue weighted by Gasteiger charge is 2.24. The molecule has 534 valence electrons. The van der Waals surface area contributed by atoms with E-state index in [9.17, 15) is 19.2 Å². The fourth-order valence-corrected chi connectivity index (χ4v) is 9.01. The van der Waals surface area contributed by atoms with E-state index < -0.39 is 10.8 Å². The largest absolute Gasteiger partial charge is 0.460 e. The van der Waals surface area contributed by atoms with Crippen LogP contribution in [0.25, 0.3) is 0 Å². The molecule has 0 fully saturated rings. The van der Waals surface area contributed by atoms with Gasteiger partial charge in [-0.15, -0.1) is 0 Å². The summed E-state index contributed by atoms with van der Waals surface area (Å²) in [6.07, 6.45) is 13.6. The van der Waals surface area contributed by atoms with Crippen LogP contribution < -0.4 is 0 Å². The quantitative estimate of drug-likeness (QED) is 0.0368. The fourth-order valence-electron chi connectivity index (χ4n) is 9.01. The van der Waals surface area contributed by atoms with Gasteiger partial charge in [0.2, 0.25) is 0 Å². The van der Waals surface area contributed by atoms with E-state index in [0.717, 1.165) is 107 Å². The molecule has 0 atom stereocenters. The SMILES string of the molecule is CC(=O)COCCCC(C)(C)C.CC(C)(C)C(=O)OCc1ccccc1.CC(C)(C)CCCOCC(=O)Cc1ccc(CC(C)(C)C)cc1.CC(C)(C)CCCOCCc1ccc(CC(C)(C)C)cc1.CC(C)(C)CCCOCCc1ccc(COC(=O)C(C)(C)C)cc1. The topological polar surface area (TPSA) is 124 Å². The second-order valence-electron chi connectivity index (χ2n) is 35.0. The molecule has 4 aromatic carbocycles. The molecule has 0 aliphatic rings. The van der Waals surface area contributed by atoms with E-state index in [1.807, 2.05) is 84.0 Å². The van der Waals surface area contributed by atoms with Gasteiger partial charge in [0.1, 0.15) is 26.4 Å². The van der Waals surface area contributed by atoms with Gasteiger partial charge >= 0.3 is 11.9 Å². The highest BCUT2D eigenvalue weighted by atomic mass is 16.5. The van der Waals surface area contributed by atoms with Crippen molar-refractivity contribution >= 4 is 23.5 Å². The number of carbonyl (C=O) groups is 4. The number of hydrogen-bond acceptors (Lipinski definition) is 10. The molecule has 0 unspecified atom stereocenters. The van der Waals surface area contributed by atoms with Crippen molar-refractivity contribution in [2.75, 3.05) is 52.9 Å². The van der Waals surface area contributed by atoms with Crippen LogP contribution in [0, 0.1) is 43.3 Å². The predicted octanol–water partition coefficient (Wildman–Crippen LogP) is 21.2. The lowest BCUT2D eigenvalue weighted by atomic mass is 9.88. The average molecular weight is 1310 g/mol. The highest BCUT2D eigenvalue weighted by Crippen LogP contribution is 2.26. The molecule has 10 heteroatoms. The van der Waals surface area contributed by atoms with E-state index in [1.165, 1.54) is 35.1 Å². The zero-order valence-corrected chi connectivity index (χ0v) is 64.7. The number of rotatable bonds is 30. The van der Waals surface area contributed by atoms with Gasteiger partial charge in [0.05, 0.1) is 24.0 Å². The average Bonchev–Trinajstić information content (AvgIpc) is 0.997. The maximum atomic E-state index is 12.0. The first-order valence-electron chi connectivity index (χ1n) is 35.1. The zero-order chi connectivity index (χ0) is 71.9. The summed E-state index contributed by atoms with van der Waals surface area (Å²) in [6.45, 7) is 59.0. The smallest absolute Gasteiger partial charge is 0.311 e. The molecule has 94 heavy (non-hydrogen) atoms. The lowest BCUT2D eigenvalue weighted by molar-refractivity contribution is -0.155. The van der Waals surface area contributed by atoms with Crippen molar-refractivity contribution in [2.45, 2.75) is 270 Å². The maximum Gasteiger partial charge on any atom is 0.311 e. The minimum absolute atomic E-state index is 0.103. The zero-order valence-electron chi connectivity index (χ0n) is 64.7. The van der Waals surface area contributed by atoms with Gasteiger partial charge in [-0.1, -0.05) is 228 Å². The Hall–Kier alpha value is -5.00. The number of ether oxygens (including phenoxy) is 6. The summed E-state index contributed by atoms with van der Waals surface area (Å²) in [4.78, 5) is 45.6. The summed E-state index contributed by atoms with van der Waals surface area (Å²) in [7, 11) is 0. The van der Waals surface area contributed by atoms with Gasteiger partial charge in [-0.3, -0.25) is 19.2 Å². The molecule has 0 heterocycles. The first kappa shape index (κ1) is 89.0. The van der Waals surface area contributed by atoms with Crippen molar-refractivity contribution in [3.05, 3.63) is 142 Å². The molecule has 0 saturated heterocycles.